The number of methoxy groups -OCH3 is 1. The van der Waals surface area contributed by atoms with Gasteiger partial charge in [-0.25, -0.2) is 5.48 Å². The van der Waals surface area contributed by atoms with Crippen molar-refractivity contribution >= 4 is 5.91 Å². The highest BCUT2D eigenvalue weighted by molar-refractivity contribution is 5.86. The van der Waals surface area contributed by atoms with Gasteiger partial charge in [-0.2, -0.15) is 0 Å². The molecular weight excluding hydrogens is 314 g/mol. The summed E-state index contributed by atoms with van der Waals surface area (Å²) >= 11 is 0. The van der Waals surface area contributed by atoms with Crippen LogP contribution < -0.4 is 10.2 Å². The fourth-order valence-corrected chi connectivity index (χ4v) is 2.88. The number of amides is 1. The molecule has 0 bridgehead atoms. The summed E-state index contributed by atoms with van der Waals surface area (Å²) in [7, 11) is 1.64. The van der Waals surface area contributed by atoms with Gasteiger partial charge in [0.25, 0.3) is 5.91 Å². The van der Waals surface area contributed by atoms with E-state index in [1.807, 2.05) is 78.9 Å². The Balaban J connectivity index is 1.95. The molecule has 1 unspecified atom stereocenters. The van der Waals surface area contributed by atoms with Crippen LogP contribution in [0.1, 0.15) is 17.0 Å². The third kappa shape index (κ3) is 3.70. The predicted molar refractivity (Wildman–Crippen MR) is 96.6 cm³/mol. The van der Waals surface area contributed by atoms with Gasteiger partial charge in [-0.05, 0) is 34.4 Å². The van der Waals surface area contributed by atoms with E-state index in [1.54, 1.807) is 12.6 Å². The van der Waals surface area contributed by atoms with Crippen LogP contribution in [0, 0.1) is 0 Å². The monoisotopic (exact) mass is 333 g/mol. The SMILES string of the molecule is COc1cccc(-c2ccc(C(C(=O)NO)c3ccccc3)cc2)c1. The summed E-state index contributed by atoms with van der Waals surface area (Å²) < 4.78 is 5.26. The second-order valence-corrected chi connectivity index (χ2v) is 5.67. The molecule has 4 heteroatoms. The lowest BCUT2D eigenvalue weighted by Crippen LogP contribution is -2.27. The van der Waals surface area contributed by atoms with Gasteiger partial charge in [0.1, 0.15) is 5.75 Å². The van der Waals surface area contributed by atoms with Crippen LogP contribution in [0.3, 0.4) is 0 Å². The van der Waals surface area contributed by atoms with Crippen molar-refractivity contribution in [2.75, 3.05) is 7.11 Å². The molecule has 25 heavy (non-hydrogen) atoms. The van der Waals surface area contributed by atoms with Crippen LogP contribution in [0.5, 0.6) is 5.75 Å². The maximum absolute atomic E-state index is 12.2. The molecule has 0 aliphatic carbocycles. The largest absolute Gasteiger partial charge is 0.497 e. The maximum atomic E-state index is 12.2. The fourth-order valence-electron chi connectivity index (χ4n) is 2.88. The Kier molecular flexibility index (Phi) is 5.11. The molecule has 0 saturated carbocycles. The summed E-state index contributed by atoms with van der Waals surface area (Å²) in [6, 6.07) is 24.9. The van der Waals surface area contributed by atoms with Crippen LogP contribution >= 0.6 is 0 Å². The van der Waals surface area contributed by atoms with E-state index < -0.39 is 11.8 Å². The van der Waals surface area contributed by atoms with Gasteiger partial charge < -0.3 is 4.74 Å². The molecule has 1 amide bonds. The summed E-state index contributed by atoms with van der Waals surface area (Å²) in [6.45, 7) is 0. The molecule has 3 rings (SSSR count). The molecule has 0 saturated heterocycles. The number of benzene rings is 3. The normalized spacial score (nSPS) is 11.6. The van der Waals surface area contributed by atoms with Gasteiger partial charge in [0.05, 0.1) is 13.0 Å². The highest BCUT2D eigenvalue weighted by Crippen LogP contribution is 2.29. The fraction of sp³-hybridized carbons (Fsp3) is 0.0952. The summed E-state index contributed by atoms with van der Waals surface area (Å²) in [5, 5.41) is 9.10. The highest BCUT2D eigenvalue weighted by atomic mass is 16.5. The molecule has 4 nitrogen and oxygen atoms in total. The van der Waals surface area contributed by atoms with Gasteiger partial charge in [0.15, 0.2) is 0 Å². The Bertz CT molecular complexity index is 845. The van der Waals surface area contributed by atoms with Crippen molar-refractivity contribution in [1.82, 2.24) is 5.48 Å². The number of rotatable bonds is 5. The minimum Gasteiger partial charge on any atom is -0.497 e. The van der Waals surface area contributed by atoms with Crippen molar-refractivity contribution in [3.8, 4) is 16.9 Å². The van der Waals surface area contributed by atoms with Crippen molar-refractivity contribution in [1.29, 1.82) is 0 Å². The van der Waals surface area contributed by atoms with E-state index in [2.05, 4.69) is 0 Å². The van der Waals surface area contributed by atoms with E-state index in [0.29, 0.717) is 0 Å². The molecule has 0 aromatic heterocycles. The van der Waals surface area contributed by atoms with Crippen molar-refractivity contribution in [2.24, 2.45) is 0 Å². The molecule has 2 N–H and O–H groups in total. The highest BCUT2D eigenvalue weighted by Gasteiger charge is 2.22. The Hall–Kier alpha value is -3.11. The van der Waals surface area contributed by atoms with Crippen molar-refractivity contribution < 1.29 is 14.7 Å². The number of hydrogen-bond acceptors (Lipinski definition) is 3. The first-order chi connectivity index (χ1) is 12.2. The van der Waals surface area contributed by atoms with Crippen LogP contribution in [0.2, 0.25) is 0 Å². The number of hydroxylamine groups is 1. The molecule has 3 aromatic rings. The minimum atomic E-state index is -0.564. The number of carbonyl (C=O) groups excluding carboxylic acids is 1. The first-order valence-corrected chi connectivity index (χ1v) is 7.96. The number of carbonyl (C=O) groups is 1. The molecule has 0 radical (unpaired) electrons. The summed E-state index contributed by atoms with van der Waals surface area (Å²) in [5.41, 5.74) is 5.46. The smallest absolute Gasteiger partial charge is 0.255 e. The van der Waals surface area contributed by atoms with Crippen molar-refractivity contribution in [2.45, 2.75) is 5.92 Å². The van der Waals surface area contributed by atoms with E-state index in [0.717, 1.165) is 28.0 Å². The Morgan fingerprint density at radius 1 is 0.880 bits per heavy atom. The van der Waals surface area contributed by atoms with Crippen molar-refractivity contribution in [3.63, 3.8) is 0 Å². The van der Waals surface area contributed by atoms with E-state index in [1.165, 1.54) is 0 Å². The average Bonchev–Trinajstić information content (AvgIpc) is 2.69. The quantitative estimate of drug-likeness (QED) is 0.548. The van der Waals surface area contributed by atoms with E-state index in [4.69, 9.17) is 9.94 Å². The zero-order valence-electron chi connectivity index (χ0n) is 13.8. The summed E-state index contributed by atoms with van der Waals surface area (Å²) in [5.74, 6) is -0.228. The lowest BCUT2D eigenvalue weighted by molar-refractivity contribution is -0.129. The minimum absolute atomic E-state index is 0.458. The molecular formula is C21H19NO3. The average molecular weight is 333 g/mol. The first-order valence-electron chi connectivity index (χ1n) is 7.96. The number of hydrogen-bond donors (Lipinski definition) is 2. The molecule has 0 heterocycles. The topological polar surface area (TPSA) is 58.6 Å². The van der Waals surface area contributed by atoms with Crippen LogP contribution in [-0.2, 0) is 4.79 Å². The van der Waals surface area contributed by atoms with Gasteiger partial charge in [-0.15, -0.1) is 0 Å². The third-order valence-corrected chi connectivity index (χ3v) is 4.15. The van der Waals surface area contributed by atoms with Crippen LogP contribution in [0.15, 0.2) is 78.9 Å². The lowest BCUT2D eigenvalue weighted by atomic mass is 9.89. The molecule has 126 valence electrons. The molecule has 0 aliphatic heterocycles. The predicted octanol–water partition coefficient (Wildman–Crippen LogP) is 4.00. The number of ether oxygens (including phenoxy) is 1. The van der Waals surface area contributed by atoms with Gasteiger partial charge in [-0.3, -0.25) is 10.0 Å². The first kappa shape index (κ1) is 16.7. The zero-order valence-corrected chi connectivity index (χ0v) is 13.8. The molecule has 0 aliphatic rings. The van der Waals surface area contributed by atoms with Crippen LogP contribution in [-0.4, -0.2) is 18.2 Å². The third-order valence-electron chi connectivity index (χ3n) is 4.15. The van der Waals surface area contributed by atoms with E-state index >= 15 is 0 Å². The summed E-state index contributed by atoms with van der Waals surface area (Å²) in [6.07, 6.45) is 0. The Morgan fingerprint density at radius 3 is 2.20 bits per heavy atom. The second kappa shape index (κ2) is 7.64. The molecule has 0 spiro atoms. The number of nitrogens with one attached hydrogen (secondary N) is 1. The van der Waals surface area contributed by atoms with Crippen molar-refractivity contribution in [3.05, 3.63) is 90.0 Å². The van der Waals surface area contributed by atoms with E-state index in [9.17, 15) is 4.79 Å². The van der Waals surface area contributed by atoms with E-state index in [-0.39, 0.29) is 0 Å². The second-order valence-electron chi connectivity index (χ2n) is 5.67. The van der Waals surface area contributed by atoms with Gasteiger partial charge in [0.2, 0.25) is 0 Å². The van der Waals surface area contributed by atoms with Crippen LogP contribution in [0.25, 0.3) is 11.1 Å². The Labute approximate surface area is 146 Å². The zero-order chi connectivity index (χ0) is 17.6. The lowest BCUT2D eigenvalue weighted by Gasteiger charge is -2.16. The summed E-state index contributed by atoms with van der Waals surface area (Å²) in [4.78, 5) is 12.2. The van der Waals surface area contributed by atoms with Crippen LogP contribution in [0.4, 0.5) is 0 Å². The molecule has 0 fully saturated rings. The molecule has 3 aromatic carbocycles. The van der Waals surface area contributed by atoms with Gasteiger partial charge >= 0.3 is 0 Å². The van der Waals surface area contributed by atoms with Gasteiger partial charge in [0, 0.05) is 0 Å². The maximum Gasteiger partial charge on any atom is 0.255 e. The standard InChI is InChI=1S/C21H19NO3/c1-25-19-9-5-8-18(14-19)15-10-12-17(13-11-15)20(21(23)22-24)16-6-3-2-4-7-16/h2-14,20,24H,1H3,(H,22,23). The molecule has 1 atom stereocenters. The Morgan fingerprint density at radius 2 is 1.56 bits per heavy atom. The van der Waals surface area contributed by atoms with Gasteiger partial charge in [-0.1, -0.05) is 66.7 Å².